The number of aromatic nitrogens is 2. The Hall–Kier alpha value is -1.65. The number of benzene rings is 1. The van der Waals surface area contributed by atoms with Crippen LogP contribution in [0.4, 0.5) is 5.82 Å². The van der Waals surface area contributed by atoms with E-state index in [1.165, 1.54) is 0 Å². The summed E-state index contributed by atoms with van der Waals surface area (Å²) in [6.07, 6.45) is 0. The molecule has 0 spiro atoms. The molecule has 0 saturated carbocycles. The van der Waals surface area contributed by atoms with Crippen molar-refractivity contribution in [3.63, 3.8) is 0 Å². The molecule has 3 nitrogen and oxygen atoms in total. The molecule has 0 atom stereocenters. The number of thiophene rings is 1. The summed E-state index contributed by atoms with van der Waals surface area (Å²) in [7, 11) is 0. The van der Waals surface area contributed by atoms with Crippen molar-refractivity contribution in [3.8, 4) is 10.7 Å². The largest absolute Gasteiger partial charge is 0.383 e. The van der Waals surface area contributed by atoms with E-state index in [1.54, 1.807) is 23.5 Å². The van der Waals surface area contributed by atoms with Crippen LogP contribution < -0.4 is 5.73 Å². The maximum atomic E-state index is 5.95. The lowest BCUT2D eigenvalue weighted by molar-refractivity contribution is 1.25. The first-order chi connectivity index (χ1) is 8.24. The molecule has 0 fully saturated rings. The van der Waals surface area contributed by atoms with Gasteiger partial charge in [-0.05, 0) is 29.6 Å². The van der Waals surface area contributed by atoms with Crippen molar-refractivity contribution in [2.24, 2.45) is 0 Å². The summed E-state index contributed by atoms with van der Waals surface area (Å²) in [5.74, 6) is 1.13. The fourth-order valence-electron chi connectivity index (χ4n) is 1.64. The Morgan fingerprint density at radius 1 is 1.18 bits per heavy atom. The number of hydrogen-bond acceptors (Lipinski definition) is 4. The van der Waals surface area contributed by atoms with Crippen LogP contribution in [0.15, 0.2) is 35.7 Å². The first-order valence-corrected chi connectivity index (χ1v) is 6.26. The molecule has 3 rings (SSSR count). The van der Waals surface area contributed by atoms with Gasteiger partial charge in [-0.25, -0.2) is 9.97 Å². The van der Waals surface area contributed by atoms with Gasteiger partial charge in [-0.1, -0.05) is 17.7 Å². The van der Waals surface area contributed by atoms with Gasteiger partial charge in [0.05, 0.1) is 10.4 Å². The second-order valence-electron chi connectivity index (χ2n) is 3.57. The molecule has 1 aromatic carbocycles. The highest BCUT2D eigenvalue weighted by molar-refractivity contribution is 7.13. The molecule has 84 valence electrons. The van der Waals surface area contributed by atoms with Crippen LogP contribution in [0, 0.1) is 0 Å². The molecule has 0 saturated heterocycles. The highest BCUT2D eigenvalue weighted by atomic mass is 35.5. The first-order valence-electron chi connectivity index (χ1n) is 5.01. The standard InChI is InChI=1S/C12H8ClN3S/c13-7-3-4-8-9(6-7)15-12(16-11(8)14)10-2-1-5-17-10/h1-6H,(H2,14,15,16). The van der Waals surface area contributed by atoms with E-state index in [4.69, 9.17) is 17.3 Å². The van der Waals surface area contributed by atoms with Crippen LogP contribution in [0.2, 0.25) is 5.02 Å². The first kappa shape index (κ1) is 10.5. The molecule has 2 N–H and O–H groups in total. The molecule has 0 bridgehead atoms. The van der Waals surface area contributed by atoms with Gasteiger partial charge in [0.25, 0.3) is 0 Å². The van der Waals surface area contributed by atoms with Crippen LogP contribution in [-0.2, 0) is 0 Å². The second kappa shape index (κ2) is 3.98. The van der Waals surface area contributed by atoms with Gasteiger partial charge in [0.1, 0.15) is 5.82 Å². The number of nitrogen functional groups attached to an aromatic ring is 1. The van der Waals surface area contributed by atoms with E-state index in [2.05, 4.69) is 9.97 Å². The molecule has 2 heterocycles. The van der Waals surface area contributed by atoms with Gasteiger partial charge >= 0.3 is 0 Å². The highest BCUT2D eigenvalue weighted by Crippen LogP contribution is 2.27. The Kier molecular flexibility index (Phi) is 2.46. The van der Waals surface area contributed by atoms with E-state index in [1.807, 2.05) is 23.6 Å². The van der Waals surface area contributed by atoms with Crippen molar-refractivity contribution in [2.45, 2.75) is 0 Å². The van der Waals surface area contributed by atoms with Crippen LogP contribution in [0.1, 0.15) is 0 Å². The maximum Gasteiger partial charge on any atom is 0.172 e. The maximum absolute atomic E-state index is 5.95. The number of halogens is 1. The number of nitrogens with two attached hydrogens (primary N) is 1. The van der Waals surface area contributed by atoms with Crippen LogP contribution in [-0.4, -0.2) is 9.97 Å². The lowest BCUT2D eigenvalue weighted by atomic mass is 10.2. The Morgan fingerprint density at radius 2 is 2.06 bits per heavy atom. The quantitative estimate of drug-likeness (QED) is 0.728. The van der Waals surface area contributed by atoms with E-state index in [9.17, 15) is 0 Å². The Morgan fingerprint density at radius 3 is 2.82 bits per heavy atom. The fraction of sp³-hybridized carbons (Fsp3) is 0. The fourth-order valence-corrected chi connectivity index (χ4v) is 2.47. The van der Waals surface area contributed by atoms with E-state index in [0.29, 0.717) is 16.7 Å². The lowest BCUT2D eigenvalue weighted by Gasteiger charge is -2.04. The average Bonchev–Trinajstić information content (AvgIpc) is 2.81. The van der Waals surface area contributed by atoms with Crippen molar-refractivity contribution in [3.05, 3.63) is 40.7 Å². The van der Waals surface area contributed by atoms with E-state index < -0.39 is 0 Å². The van der Waals surface area contributed by atoms with Crippen molar-refractivity contribution < 1.29 is 0 Å². The van der Waals surface area contributed by atoms with Gasteiger partial charge in [0.2, 0.25) is 0 Å². The molecule has 17 heavy (non-hydrogen) atoms. The number of fused-ring (bicyclic) bond motifs is 1. The molecule has 3 aromatic rings. The topological polar surface area (TPSA) is 51.8 Å². The zero-order chi connectivity index (χ0) is 11.8. The Balaban J connectivity index is 2.29. The van der Waals surface area contributed by atoms with Gasteiger partial charge in [0, 0.05) is 10.4 Å². The van der Waals surface area contributed by atoms with Crippen LogP contribution in [0.5, 0.6) is 0 Å². The molecule has 2 aromatic heterocycles. The van der Waals surface area contributed by atoms with Crippen LogP contribution in [0.25, 0.3) is 21.6 Å². The number of nitrogens with zero attached hydrogens (tertiary/aromatic N) is 2. The summed E-state index contributed by atoms with van der Waals surface area (Å²) in [6, 6.07) is 9.35. The van der Waals surface area contributed by atoms with E-state index in [-0.39, 0.29) is 0 Å². The van der Waals surface area contributed by atoms with Gasteiger partial charge in [-0.3, -0.25) is 0 Å². The zero-order valence-corrected chi connectivity index (χ0v) is 10.3. The molecule has 0 aliphatic rings. The van der Waals surface area contributed by atoms with Gasteiger partial charge < -0.3 is 5.73 Å². The van der Waals surface area contributed by atoms with Gasteiger partial charge in [-0.15, -0.1) is 11.3 Å². The second-order valence-corrected chi connectivity index (χ2v) is 4.96. The van der Waals surface area contributed by atoms with Crippen molar-refractivity contribution >= 4 is 39.7 Å². The number of rotatable bonds is 1. The molecule has 0 radical (unpaired) electrons. The van der Waals surface area contributed by atoms with Crippen LogP contribution >= 0.6 is 22.9 Å². The lowest BCUT2D eigenvalue weighted by Crippen LogP contribution is -1.96. The van der Waals surface area contributed by atoms with Crippen LogP contribution in [0.3, 0.4) is 0 Å². The smallest absolute Gasteiger partial charge is 0.172 e. The third-order valence-electron chi connectivity index (χ3n) is 2.43. The third kappa shape index (κ3) is 1.85. The van der Waals surface area contributed by atoms with E-state index in [0.717, 1.165) is 15.8 Å². The zero-order valence-electron chi connectivity index (χ0n) is 8.72. The van der Waals surface area contributed by atoms with Crippen molar-refractivity contribution in [2.75, 3.05) is 5.73 Å². The summed E-state index contributed by atoms with van der Waals surface area (Å²) in [4.78, 5) is 9.78. The minimum atomic E-state index is 0.482. The molecule has 0 amide bonds. The Labute approximate surface area is 107 Å². The predicted octanol–water partition coefficient (Wildman–Crippen LogP) is 3.59. The monoisotopic (exact) mass is 261 g/mol. The minimum absolute atomic E-state index is 0.482. The predicted molar refractivity (Wildman–Crippen MR) is 72.3 cm³/mol. The normalized spacial score (nSPS) is 10.9. The molecular weight excluding hydrogens is 254 g/mol. The minimum Gasteiger partial charge on any atom is -0.383 e. The average molecular weight is 262 g/mol. The molecule has 0 aliphatic heterocycles. The van der Waals surface area contributed by atoms with Crippen molar-refractivity contribution in [1.82, 2.24) is 9.97 Å². The molecular formula is C12H8ClN3S. The van der Waals surface area contributed by atoms with Gasteiger partial charge in [-0.2, -0.15) is 0 Å². The van der Waals surface area contributed by atoms with Gasteiger partial charge in [0.15, 0.2) is 5.82 Å². The SMILES string of the molecule is Nc1nc(-c2cccs2)nc2cc(Cl)ccc12. The summed E-state index contributed by atoms with van der Waals surface area (Å²) in [6.45, 7) is 0. The third-order valence-corrected chi connectivity index (χ3v) is 3.53. The summed E-state index contributed by atoms with van der Waals surface area (Å²) < 4.78 is 0. The summed E-state index contributed by atoms with van der Waals surface area (Å²) in [5.41, 5.74) is 6.70. The Bertz CT molecular complexity index is 680. The molecule has 5 heteroatoms. The van der Waals surface area contributed by atoms with Crippen molar-refractivity contribution in [1.29, 1.82) is 0 Å². The number of anilines is 1. The highest BCUT2D eigenvalue weighted by Gasteiger charge is 2.08. The summed E-state index contributed by atoms with van der Waals surface area (Å²) >= 11 is 7.53. The van der Waals surface area contributed by atoms with E-state index >= 15 is 0 Å². The summed E-state index contributed by atoms with van der Waals surface area (Å²) in [5, 5.41) is 3.46. The number of hydrogen-bond donors (Lipinski definition) is 1. The molecule has 0 aliphatic carbocycles. The molecule has 0 unspecified atom stereocenters.